The van der Waals surface area contributed by atoms with Crippen LogP contribution < -0.4 is 5.32 Å². The summed E-state index contributed by atoms with van der Waals surface area (Å²) < 4.78 is 2.01. The van der Waals surface area contributed by atoms with E-state index in [-0.39, 0.29) is 30.6 Å². The van der Waals surface area contributed by atoms with Gasteiger partial charge in [-0.1, -0.05) is 55.2 Å². The van der Waals surface area contributed by atoms with Gasteiger partial charge in [-0.2, -0.15) is 5.10 Å². The Morgan fingerprint density at radius 1 is 1.08 bits per heavy atom. The summed E-state index contributed by atoms with van der Waals surface area (Å²) >= 11 is 12.5. The molecule has 1 amide bonds. The molecule has 9 heteroatoms. The second-order valence-corrected chi connectivity index (χ2v) is 10.3. The topological polar surface area (TPSA) is 97.1 Å². The second kappa shape index (κ2) is 11.3. The SMILES string of the molecule is Cc1cc(C(CC(C)C)n2ncc3cc(-c4ccc(Cl)cc4Cl)ccc32)cnc1C(=O)NCCC(=O)O. The number of rotatable bonds is 9. The van der Waals surface area contributed by atoms with E-state index in [4.69, 9.17) is 33.4 Å². The van der Waals surface area contributed by atoms with Crippen LogP contribution in [0.2, 0.25) is 10.0 Å². The number of nitrogens with one attached hydrogen (secondary N) is 1. The maximum atomic E-state index is 12.5. The van der Waals surface area contributed by atoms with E-state index in [0.717, 1.165) is 39.6 Å². The lowest BCUT2D eigenvalue weighted by atomic mass is 9.96. The Balaban J connectivity index is 1.66. The summed E-state index contributed by atoms with van der Waals surface area (Å²) in [5, 5.41) is 18.3. The molecular weight excluding hydrogens is 511 g/mol. The fourth-order valence-electron chi connectivity index (χ4n) is 4.40. The molecule has 0 radical (unpaired) electrons. The van der Waals surface area contributed by atoms with Crippen molar-refractivity contribution in [2.75, 3.05) is 6.54 Å². The summed E-state index contributed by atoms with van der Waals surface area (Å²) in [6.07, 6.45) is 4.24. The van der Waals surface area contributed by atoms with Crippen molar-refractivity contribution in [2.45, 2.75) is 39.7 Å². The van der Waals surface area contributed by atoms with Gasteiger partial charge in [-0.05, 0) is 60.2 Å². The molecule has 0 aliphatic rings. The molecule has 4 aromatic rings. The smallest absolute Gasteiger partial charge is 0.305 e. The predicted octanol–water partition coefficient (Wildman–Crippen LogP) is 6.55. The fourth-order valence-corrected chi connectivity index (χ4v) is 4.92. The third kappa shape index (κ3) is 6.12. The van der Waals surface area contributed by atoms with Crippen molar-refractivity contribution < 1.29 is 14.7 Å². The number of carbonyl (C=O) groups excluding carboxylic acids is 1. The molecule has 2 aromatic heterocycles. The molecule has 0 aliphatic carbocycles. The van der Waals surface area contributed by atoms with E-state index >= 15 is 0 Å². The molecule has 4 rings (SSSR count). The summed E-state index contributed by atoms with van der Waals surface area (Å²) in [6, 6.07) is 13.5. The maximum absolute atomic E-state index is 12.5. The van der Waals surface area contributed by atoms with Crippen LogP contribution in [0.1, 0.15) is 54.3 Å². The standard InChI is InChI=1S/C28H28Cl2N4O3/c1-16(2)10-25(19-11-17(3)27(32-14-19)28(37)31-9-8-26(35)36)34-24-7-4-18(12-20(24)15-33-34)22-6-5-21(29)13-23(22)30/h4-7,11-16,25H,8-10H2,1-3H3,(H,31,37)(H,35,36). The summed E-state index contributed by atoms with van der Waals surface area (Å²) in [7, 11) is 0. The Morgan fingerprint density at radius 2 is 1.86 bits per heavy atom. The lowest BCUT2D eigenvalue weighted by Gasteiger charge is -2.22. The van der Waals surface area contributed by atoms with Crippen LogP contribution in [-0.4, -0.2) is 38.3 Å². The molecule has 7 nitrogen and oxygen atoms in total. The Hall–Kier alpha value is -3.42. The molecule has 192 valence electrons. The Kier molecular flexibility index (Phi) is 8.15. The van der Waals surface area contributed by atoms with E-state index in [9.17, 15) is 9.59 Å². The first kappa shape index (κ1) is 26.6. The zero-order valence-electron chi connectivity index (χ0n) is 20.8. The number of carboxylic acid groups (broad SMARTS) is 1. The van der Waals surface area contributed by atoms with Crippen LogP contribution in [0.4, 0.5) is 0 Å². The normalized spacial score (nSPS) is 12.2. The van der Waals surface area contributed by atoms with Crippen molar-refractivity contribution in [3.05, 3.63) is 81.7 Å². The number of nitrogens with zero attached hydrogens (tertiary/aromatic N) is 3. The van der Waals surface area contributed by atoms with Gasteiger partial charge in [0.2, 0.25) is 0 Å². The van der Waals surface area contributed by atoms with Crippen molar-refractivity contribution in [3.63, 3.8) is 0 Å². The van der Waals surface area contributed by atoms with Gasteiger partial charge >= 0.3 is 5.97 Å². The minimum absolute atomic E-state index is 0.0511. The average Bonchev–Trinajstić information content (AvgIpc) is 3.25. The van der Waals surface area contributed by atoms with Gasteiger partial charge in [-0.15, -0.1) is 0 Å². The van der Waals surface area contributed by atoms with Gasteiger partial charge < -0.3 is 10.4 Å². The highest BCUT2D eigenvalue weighted by Gasteiger charge is 2.21. The fraction of sp³-hybridized carbons (Fsp3) is 0.286. The van der Waals surface area contributed by atoms with Gasteiger partial charge in [-0.25, -0.2) is 0 Å². The third-order valence-electron chi connectivity index (χ3n) is 6.15. The molecule has 0 saturated carbocycles. The van der Waals surface area contributed by atoms with Crippen molar-refractivity contribution >= 4 is 46.0 Å². The van der Waals surface area contributed by atoms with Crippen LogP contribution in [0.25, 0.3) is 22.0 Å². The van der Waals surface area contributed by atoms with Gasteiger partial charge in [0.15, 0.2) is 0 Å². The van der Waals surface area contributed by atoms with E-state index in [2.05, 4.69) is 30.2 Å². The summed E-state index contributed by atoms with van der Waals surface area (Å²) in [4.78, 5) is 27.7. The van der Waals surface area contributed by atoms with E-state index in [1.165, 1.54) is 0 Å². The highest BCUT2D eigenvalue weighted by Crippen LogP contribution is 2.34. The molecule has 2 N–H and O–H groups in total. The number of carboxylic acids is 1. The van der Waals surface area contributed by atoms with Gasteiger partial charge in [0, 0.05) is 33.7 Å². The molecule has 0 bridgehead atoms. The molecule has 0 aliphatic heterocycles. The van der Waals surface area contributed by atoms with E-state index in [1.54, 1.807) is 12.3 Å². The molecule has 2 aromatic carbocycles. The van der Waals surface area contributed by atoms with Crippen LogP contribution in [-0.2, 0) is 4.79 Å². The van der Waals surface area contributed by atoms with E-state index in [1.807, 2.05) is 48.1 Å². The first-order valence-electron chi connectivity index (χ1n) is 12.0. The highest BCUT2D eigenvalue weighted by atomic mass is 35.5. The molecule has 0 saturated heterocycles. The number of fused-ring (bicyclic) bond motifs is 1. The number of halogens is 2. The zero-order chi connectivity index (χ0) is 26.7. The molecule has 0 spiro atoms. The minimum atomic E-state index is -0.966. The Morgan fingerprint density at radius 3 is 2.54 bits per heavy atom. The van der Waals surface area contributed by atoms with Crippen LogP contribution in [0.3, 0.4) is 0 Å². The Bertz CT molecular complexity index is 1470. The van der Waals surface area contributed by atoms with Crippen LogP contribution in [0.5, 0.6) is 0 Å². The highest BCUT2D eigenvalue weighted by molar-refractivity contribution is 6.36. The zero-order valence-corrected chi connectivity index (χ0v) is 22.3. The number of aryl methyl sites for hydroxylation is 1. The van der Waals surface area contributed by atoms with Gasteiger partial charge in [0.25, 0.3) is 5.91 Å². The van der Waals surface area contributed by atoms with Crippen molar-refractivity contribution in [1.29, 1.82) is 0 Å². The molecule has 1 atom stereocenters. The lowest BCUT2D eigenvalue weighted by molar-refractivity contribution is -0.136. The molecule has 1 unspecified atom stereocenters. The van der Waals surface area contributed by atoms with Crippen LogP contribution in [0, 0.1) is 12.8 Å². The number of aliphatic carboxylic acids is 1. The van der Waals surface area contributed by atoms with Gasteiger partial charge in [0.1, 0.15) is 5.69 Å². The monoisotopic (exact) mass is 538 g/mol. The van der Waals surface area contributed by atoms with Crippen molar-refractivity contribution in [3.8, 4) is 11.1 Å². The number of hydrogen-bond acceptors (Lipinski definition) is 4. The number of carbonyl (C=O) groups is 2. The molecule has 0 fully saturated rings. The average molecular weight is 539 g/mol. The van der Waals surface area contributed by atoms with Gasteiger partial charge in [-0.3, -0.25) is 19.3 Å². The maximum Gasteiger partial charge on any atom is 0.305 e. The largest absolute Gasteiger partial charge is 0.481 e. The van der Waals surface area contributed by atoms with E-state index in [0.29, 0.717) is 16.0 Å². The van der Waals surface area contributed by atoms with E-state index < -0.39 is 5.97 Å². The number of amides is 1. The first-order chi connectivity index (χ1) is 17.6. The number of benzene rings is 2. The predicted molar refractivity (Wildman–Crippen MR) is 146 cm³/mol. The molecule has 37 heavy (non-hydrogen) atoms. The third-order valence-corrected chi connectivity index (χ3v) is 6.70. The molecular formula is C28H28Cl2N4O3. The second-order valence-electron chi connectivity index (χ2n) is 9.47. The number of hydrogen-bond donors (Lipinski definition) is 2. The van der Waals surface area contributed by atoms with Crippen molar-refractivity contribution in [2.24, 2.45) is 5.92 Å². The first-order valence-corrected chi connectivity index (χ1v) is 12.8. The minimum Gasteiger partial charge on any atom is -0.481 e. The van der Waals surface area contributed by atoms with Crippen molar-refractivity contribution in [1.82, 2.24) is 20.1 Å². The quantitative estimate of drug-likeness (QED) is 0.251. The number of pyridine rings is 1. The van der Waals surface area contributed by atoms with Crippen LogP contribution >= 0.6 is 23.2 Å². The van der Waals surface area contributed by atoms with Gasteiger partial charge in [0.05, 0.1) is 24.2 Å². The van der Waals surface area contributed by atoms with Crippen LogP contribution in [0.15, 0.2) is 54.9 Å². The summed E-state index contributed by atoms with van der Waals surface area (Å²) in [5.41, 5.74) is 4.81. The summed E-state index contributed by atoms with van der Waals surface area (Å²) in [6.45, 7) is 6.20. The molecule has 2 heterocycles. The summed E-state index contributed by atoms with van der Waals surface area (Å²) in [5.74, 6) is -0.967. The number of aromatic nitrogens is 3. The lowest BCUT2D eigenvalue weighted by Crippen LogP contribution is -2.27. The Labute approximate surface area is 225 Å².